The molecule has 142 valence electrons. The number of carbonyl (C=O) groups is 1. The van der Waals surface area contributed by atoms with Crippen LogP contribution in [0.3, 0.4) is 0 Å². The Morgan fingerprint density at radius 1 is 1.11 bits per heavy atom. The molecule has 0 saturated carbocycles. The average molecular weight is 433 g/mol. The van der Waals surface area contributed by atoms with Crippen molar-refractivity contribution < 1.29 is 13.9 Å². The molecule has 2 aromatic rings. The standard InChI is InChI=1S/C21H22BrFN2O2/c22-16-3-7-18(8-4-16)24-21(26)27-20-15-9-11-25(12-10-15)19(20)13-14-1-5-17(23)6-2-14/h1-8,15,19-20H,9-13H2,(H,24,26)/t19-,20-/m1/s1. The van der Waals surface area contributed by atoms with Gasteiger partial charge in [0.1, 0.15) is 11.9 Å². The Bertz CT molecular complexity index is 789. The van der Waals surface area contributed by atoms with Crippen LogP contribution < -0.4 is 5.32 Å². The number of halogens is 2. The van der Waals surface area contributed by atoms with Gasteiger partial charge in [-0.3, -0.25) is 10.2 Å². The molecule has 0 unspecified atom stereocenters. The summed E-state index contributed by atoms with van der Waals surface area (Å²) in [5, 5.41) is 2.82. The average Bonchev–Trinajstić information content (AvgIpc) is 2.68. The van der Waals surface area contributed by atoms with E-state index in [9.17, 15) is 9.18 Å². The molecule has 3 saturated heterocycles. The molecule has 0 radical (unpaired) electrons. The van der Waals surface area contributed by atoms with Gasteiger partial charge < -0.3 is 4.74 Å². The lowest BCUT2D eigenvalue weighted by Crippen LogP contribution is -2.60. The molecule has 0 spiro atoms. The smallest absolute Gasteiger partial charge is 0.411 e. The van der Waals surface area contributed by atoms with Gasteiger partial charge in [0.15, 0.2) is 0 Å². The fourth-order valence-corrected chi connectivity index (χ4v) is 4.45. The molecule has 2 bridgehead atoms. The molecule has 27 heavy (non-hydrogen) atoms. The van der Waals surface area contributed by atoms with E-state index in [0.29, 0.717) is 11.6 Å². The van der Waals surface area contributed by atoms with Crippen molar-refractivity contribution in [1.29, 1.82) is 0 Å². The number of fused-ring (bicyclic) bond motifs is 3. The largest absolute Gasteiger partial charge is 0.444 e. The van der Waals surface area contributed by atoms with Gasteiger partial charge in [-0.15, -0.1) is 0 Å². The summed E-state index contributed by atoms with van der Waals surface area (Å²) in [4.78, 5) is 14.9. The van der Waals surface area contributed by atoms with Crippen molar-refractivity contribution in [1.82, 2.24) is 4.90 Å². The zero-order valence-corrected chi connectivity index (χ0v) is 16.5. The van der Waals surface area contributed by atoms with Crippen LogP contribution in [0, 0.1) is 11.7 Å². The highest BCUT2D eigenvalue weighted by Gasteiger charge is 2.44. The number of hydrogen-bond acceptors (Lipinski definition) is 3. The number of nitrogens with one attached hydrogen (secondary N) is 1. The van der Waals surface area contributed by atoms with Crippen LogP contribution in [0.15, 0.2) is 53.0 Å². The predicted octanol–water partition coefficient (Wildman–Crippen LogP) is 4.84. The molecule has 1 amide bonds. The molecule has 0 aromatic heterocycles. The molecule has 1 N–H and O–H groups in total. The van der Waals surface area contributed by atoms with E-state index in [0.717, 1.165) is 42.4 Å². The Labute approximate surface area is 166 Å². The third kappa shape index (κ3) is 4.33. The first-order valence-electron chi connectivity index (χ1n) is 9.30. The lowest BCUT2D eigenvalue weighted by molar-refractivity contribution is -0.0741. The first-order chi connectivity index (χ1) is 13.1. The van der Waals surface area contributed by atoms with Crippen LogP contribution in [0.25, 0.3) is 0 Å². The van der Waals surface area contributed by atoms with Crippen molar-refractivity contribution in [3.05, 3.63) is 64.4 Å². The highest BCUT2D eigenvalue weighted by molar-refractivity contribution is 9.10. The number of ether oxygens (including phenoxy) is 1. The third-order valence-electron chi connectivity index (χ3n) is 5.58. The maximum absolute atomic E-state index is 13.2. The summed E-state index contributed by atoms with van der Waals surface area (Å²) >= 11 is 3.38. The van der Waals surface area contributed by atoms with Crippen LogP contribution in [0.1, 0.15) is 18.4 Å². The predicted molar refractivity (Wildman–Crippen MR) is 106 cm³/mol. The van der Waals surface area contributed by atoms with Crippen molar-refractivity contribution in [2.75, 3.05) is 18.4 Å². The monoisotopic (exact) mass is 432 g/mol. The zero-order chi connectivity index (χ0) is 18.8. The Morgan fingerprint density at radius 2 is 1.78 bits per heavy atom. The van der Waals surface area contributed by atoms with Gasteiger partial charge in [0, 0.05) is 16.1 Å². The summed E-state index contributed by atoms with van der Waals surface area (Å²) in [6.07, 6.45) is 2.30. The quantitative estimate of drug-likeness (QED) is 0.750. The van der Waals surface area contributed by atoms with Gasteiger partial charge >= 0.3 is 6.09 Å². The SMILES string of the molecule is O=C(Nc1ccc(Br)cc1)O[C@@H]1C2CCN(CC2)[C@@H]1Cc1ccc(F)cc1. The Balaban J connectivity index is 1.45. The third-order valence-corrected chi connectivity index (χ3v) is 6.11. The van der Waals surface area contributed by atoms with Gasteiger partial charge in [0.25, 0.3) is 0 Å². The summed E-state index contributed by atoms with van der Waals surface area (Å²) in [6, 6.07) is 14.2. The maximum Gasteiger partial charge on any atom is 0.411 e. The molecule has 3 fully saturated rings. The molecule has 2 aromatic carbocycles. The minimum Gasteiger partial charge on any atom is -0.444 e. The van der Waals surface area contributed by atoms with E-state index >= 15 is 0 Å². The minimum absolute atomic E-state index is 0.138. The molecule has 5 rings (SSSR count). The Hall–Kier alpha value is -1.92. The number of anilines is 1. The summed E-state index contributed by atoms with van der Waals surface area (Å²) in [5.74, 6) is 0.155. The second-order valence-electron chi connectivity index (χ2n) is 7.27. The fraction of sp³-hybridized carbons (Fsp3) is 0.381. The number of benzene rings is 2. The number of hydrogen-bond donors (Lipinski definition) is 1. The van der Waals surface area contributed by atoms with Crippen LogP contribution in [-0.4, -0.2) is 36.2 Å². The highest BCUT2D eigenvalue weighted by atomic mass is 79.9. The normalized spacial score (nSPS) is 26.6. The second kappa shape index (κ2) is 7.98. The molecule has 2 atom stereocenters. The molecule has 0 aliphatic carbocycles. The fourth-order valence-electron chi connectivity index (χ4n) is 4.19. The lowest BCUT2D eigenvalue weighted by atomic mass is 9.78. The van der Waals surface area contributed by atoms with Crippen molar-refractivity contribution >= 4 is 27.7 Å². The van der Waals surface area contributed by atoms with Crippen molar-refractivity contribution in [2.24, 2.45) is 5.92 Å². The lowest BCUT2D eigenvalue weighted by Gasteiger charge is -2.50. The van der Waals surface area contributed by atoms with Crippen LogP contribution in [0.4, 0.5) is 14.9 Å². The van der Waals surface area contributed by atoms with E-state index in [1.165, 1.54) is 12.1 Å². The van der Waals surface area contributed by atoms with Gasteiger partial charge in [-0.05, 0) is 74.3 Å². The van der Waals surface area contributed by atoms with Crippen molar-refractivity contribution in [3.8, 4) is 0 Å². The summed E-state index contributed by atoms with van der Waals surface area (Å²) in [5.41, 5.74) is 1.77. The van der Waals surface area contributed by atoms with Gasteiger partial charge in [0.2, 0.25) is 0 Å². The zero-order valence-electron chi connectivity index (χ0n) is 14.9. The summed E-state index contributed by atoms with van der Waals surface area (Å²) in [6.45, 7) is 2.06. The first kappa shape index (κ1) is 18.4. The molecule has 3 heterocycles. The van der Waals surface area contributed by atoms with Crippen LogP contribution in [0.2, 0.25) is 0 Å². The van der Waals surface area contributed by atoms with E-state index < -0.39 is 6.09 Å². The molecule has 6 heteroatoms. The Kier molecular flexibility index (Phi) is 5.45. The van der Waals surface area contributed by atoms with E-state index in [1.807, 2.05) is 36.4 Å². The van der Waals surface area contributed by atoms with E-state index in [-0.39, 0.29) is 18.0 Å². The number of rotatable bonds is 4. The van der Waals surface area contributed by atoms with Gasteiger partial charge in [-0.2, -0.15) is 0 Å². The molecule has 3 aliphatic heterocycles. The van der Waals surface area contributed by atoms with Gasteiger partial charge in [-0.25, -0.2) is 9.18 Å². The van der Waals surface area contributed by atoms with Gasteiger partial charge in [-0.1, -0.05) is 28.1 Å². The van der Waals surface area contributed by atoms with E-state index in [1.54, 1.807) is 0 Å². The van der Waals surface area contributed by atoms with E-state index in [4.69, 9.17) is 4.74 Å². The van der Waals surface area contributed by atoms with Crippen molar-refractivity contribution in [3.63, 3.8) is 0 Å². The van der Waals surface area contributed by atoms with Crippen LogP contribution in [-0.2, 0) is 11.2 Å². The Morgan fingerprint density at radius 3 is 2.44 bits per heavy atom. The summed E-state index contributed by atoms with van der Waals surface area (Å²) in [7, 11) is 0. The number of piperidine rings is 3. The molecular formula is C21H22BrFN2O2. The van der Waals surface area contributed by atoms with Gasteiger partial charge in [0.05, 0.1) is 6.04 Å². The second-order valence-corrected chi connectivity index (χ2v) is 8.19. The first-order valence-corrected chi connectivity index (χ1v) is 10.1. The van der Waals surface area contributed by atoms with Crippen molar-refractivity contribution in [2.45, 2.75) is 31.4 Å². The maximum atomic E-state index is 13.2. The topological polar surface area (TPSA) is 41.6 Å². The number of carbonyl (C=O) groups excluding carboxylic acids is 1. The highest BCUT2D eigenvalue weighted by Crippen LogP contribution is 2.36. The van der Waals surface area contributed by atoms with E-state index in [2.05, 4.69) is 26.1 Å². The van der Waals surface area contributed by atoms with Crippen LogP contribution in [0.5, 0.6) is 0 Å². The molecular weight excluding hydrogens is 411 g/mol. The molecule has 3 aliphatic rings. The number of nitrogens with zero attached hydrogens (tertiary/aromatic N) is 1. The molecule has 4 nitrogen and oxygen atoms in total. The summed E-state index contributed by atoms with van der Waals surface area (Å²) < 4.78 is 20.1. The number of amides is 1. The minimum atomic E-state index is -0.417. The van der Waals surface area contributed by atoms with Crippen LogP contribution >= 0.6 is 15.9 Å².